The lowest BCUT2D eigenvalue weighted by Gasteiger charge is -2.05. The van der Waals surface area contributed by atoms with Crippen LogP contribution in [0, 0.1) is 0 Å². The van der Waals surface area contributed by atoms with Crippen molar-refractivity contribution in [3.05, 3.63) is 29.8 Å². The molecule has 0 bridgehead atoms. The summed E-state index contributed by atoms with van der Waals surface area (Å²) in [5, 5.41) is 9.30. The second-order valence-electron chi connectivity index (χ2n) is 2.81. The Bertz CT molecular complexity index is 233. The molecule has 3 N–H and O–H groups in total. The van der Waals surface area contributed by atoms with Crippen LogP contribution in [0.15, 0.2) is 24.3 Å². The van der Waals surface area contributed by atoms with Gasteiger partial charge in [-0.05, 0) is 25.0 Å². The largest absolute Gasteiger partial charge is 0.508 e. The Morgan fingerprint density at radius 3 is 2.64 bits per heavy atom. The molecular formula is C9H13NO. The minimum Gasteiger partial charge on any atom is -0.508 e. The second-order valence-corrected chi connectivity index (χ2v) is 2.81. The van der Waals surface area contributed by atoms with Crippen molar-refractivity contribution in [1.29, 1.82) is 0 Å². The molecule has 2 heteroatoms. The fraction of sp³-hybridized carbons (Fsp3) is 0.333. The minimum atomic E-state index is 0.100. The van der Waals surface area contributed by atoms with E-state index in [1.54, 1.807) is 12.1 Å². The molecule has 11 heavy (non-hydrogen) atoms. The highest BCUT2D eigenvalue weighted by molar-refractivity contribution is 5.32. The molecule has 1 atom stereocenters. The molecule has 0 unspecified atom stereocenters. The SMILES string of the molecule is C[C@H](N)Cc1ccccc1O. The first-order chi connectivity index (χ1) is 5.20. The number of hydrogen-bond acceptors (Lipinski definition) is 2. The van der Waals surface area contributed by atoms with Gasteiger partial charge in [-0.2, -0.15) is 0 Å². The van der Waals surface area contributed by atoms with Crippen molar-refractivity contribution in [2.75, 3.05) is 0 Å². The van der Waals surface area contributed by atoms with Gasteiger partial charge in [0, 0.05) is 6.04 Å². The van der Waals surface area contributed by atoms with Crippen LogP contribution in [0.1, 0.15) is 12.5 Å². The summed E-state index contributed by atoms with van der Waals surface area (Å²) in [6, 6.07) is 7.37. The molecule has 0 radical (unpaired) electrons. The third-order valence-electron chi connectivity index (χ3n) is 1.53. The van der Waals surface area contributed by atoms with Crippen molar-refractivity contribution in [2.24, 2.45) is 5.73 Å². The number of hydrogen-bond donors (Lipinski definition) is 2. The number of rotatable bonds is 2. The van der Waals surface area contributed by atoms with Crippen LogP contribution in [0.2, 0.25) is 0 Å². The lowest BCUT2D eigenvalue weighted by Crippen LogP contribution is -2.17. The number of phenolic OH excluding ortho intramolecular Hbond substituents is 1. The number of para-hydroxylation sites is 1. The Morgan fingerprint density at radius 2 is 2.09 bits per heavy atom. The Balaban J connectivity index is 2.78. The van der Waals surface area contributed by atoms with Gasteiger partial charge in [0.25, 0.3) is 0 Å². The zero-order valence-corrected chi connectivity index (χ0v) is 6.62. The smallest absolute Gasteiger partial charge is 0.118 e. The summed E-state index contributed by atoms with van der Waals surface area (Å²) >= 11 is 0. The first-order valence-corrected chi connectivity index (χ1v) is 3.72. The van der Waals surface area contributed by atoms with E-state index in [0.717, 1.165) is 12.0 Å². The fourth-order valence-corrected chi connectivity index (χ4v) is 1.03. The topological polar surface area (TPSA) is 46.2 Å². The molecule has 0 aliphatic rings. The zero-order valence-electron chi connectivity index (χ0n) is 6.62. The molecule has 0 aromatic heterocycles. The van der Waals surface area contributed by atoms with Gasteiger partial charge in [-0.15, -0.1) is 0 Å². The Kier molecular flexibility index (Phi) is 2.49. The van der Waals surface area contributed by atoms with E-state index < -0.39 is 0 Å². The quantitative estimate of drug-likeness (QED) is 0.668. The molecule has 60 valence electrons. The lowest BCUT2D eigenvalue weighted by molar-refractivity contribution is 0.465. The summed E-state index contributed by atoms with van der Waals surface area (Å²) in [5.41, 5.74) is 6.50. The highest BCUT2D eigenvalue weighted by Crippen LogP contribution is 2.16. The van der Waals surface area contributed by atoms with Gasteiger partial charge in [0.05, 0.1) is 0 Å². The van der Waals surface area contributed by atoms with Crippen molar-refractivity contribution >= 4 is 0 Å². The number of nitrogens with two attached hydrogens (primary N) is 1. The molecule has 0 amide bonds. The molecule has 0 aliphatic heterocycles. The zero-order chi connectivity index (χ0) is 8.27. The number of phenols is 1. The summed E-state index contributed by atoms with van der Waals surface area (Å²) in [6.45, 7) is 1.92. The van der Waals surface area contributed by atoms with Gasteiger partial charge in [0.2, 0.25) is 0 Å². The predicted molar refractivity (Wildman–Crippen MR) is 45.5 cm³/mol. The molecule has 0 aliphatic carbocycles. The summed E-state index contributed by atoms with van der Waals surface area (Å²) in [5.74, 6) is 0.338. The molecule has 1 rings (SSSR count). The third kappa shape index (κ3) is 2.24. The standard InChI is InChI=1S/C9H13NO/c1-7(10)6-8-4-2-3-5-9(8)11/h2-5,7,11H,6,10H2,1H3/t7-/m0/s1. The third-order valence-corrected chi connectivity index (χ3v) is 1.53. The van der Waals surface area contributed by atoms with Crippen LogP contribution in [-0.4, -0.2) is 11.1 Å². The van der Waals surface area contributed by atoms with E-state index in [4.69, 9.17) is 5.73 Å². The normalized spacial score (nSPS) is 12.9. The summed E-state index contributed by atoms with van der Waals surface area (Å²) in [4.78, 5) is 0. The maximum Gasteiger partial charge on any atom is 0.118 e. The second kappa shape index (κ2) is 3.39. The fourth-order valence-electron chi connectivity index (χ4n) is 1.03. The average molecular weight is 151 g/mol. The molecule has 0 heterocycles. The van der Waals surface area contributed by atoms with Gasteiger partial charge in [-0.1, -0.05) is 18.2 Å². The summed E-state index contributed by atoms with van der Waals surface area (Å²) < 4.78 is 0. The van der Waals surface area contributed by atoms with Crippen LogP contribution in [0.25, 0.3) is 0 Å². The first-order valence-electron chi connectivity index (χ1n) is 3.72. The van der Waals surface area contributed by atoms with Crippen LogP contribution in [0.4, 0.5) is 0 Å². The van der Waals surface area contributed by atoms with Crippen molar-refractivity contribution in [3.8, 4) is 5.75 Å². The van der Waals surface area contributed by atoms with Crippen LogP contribution >= 0.6 is 0 Å². The van der Waals surface area contributed by atoms with Gasteiger partial charge in [0.1, 0.15) is 5.75 Å². The minimum absolute atomic E-state index is 0.100. The molecule has 0 saturated carbocycles. The summed E-state index contributed by atoms with van der Waals surface area (Å²) in [7, 11) is 0. The Labute approximate surface area is 66.7 Å². The van der Waals surface area contributed by atoms with E-state index in [9.17, 15) is 5.11 Å². The monoisotopic (exact) mass is 151 g/mol. The molecular weight excluding hydrogens is 138 g/mol. The van der Waals surface area contributed by atoms with Crippen molar-refractivity contribution < 1.29 is 5.11 Å². The van der Waals surface area contributed by atoms with Crippen LogP contribution in [0.5, 0.6) is 5.75 Å². The average Bonchev–Trinajstić information content (AvgIpc) is 1.93. The molecule has 0 saturated heterocycles. The van der Waals surface area contributed by atoms with Crippen molar-refractivity contribution in [3.63, 3.8) is 0 Å². The van der Waals surface area contributed by atoms with E-state index in [-0.39, 0.29) is 6.04 Å². The van der Waals surface area contributed by atoms with E-state index in [1.807, 2.05) is 19.1 Å². The number of benzene rings is 1. The lowest BCUT2D eigenvalue weighted by atomic mass is 10.1. The van der Waals surface area contributed by atoms with E-state index in [2.05, 4.69) is 0 Å². The first kappa shape index (κ1) is 8.08. The summed E-state index contributed by atoms with van der Waals surface area (Å²) in [6.07, 6.45) is 0.729. The molecule has 2 nitrogen and oxygen atoms in total. The predicted octanol–water partition coefficient (Wildman–Crippen LogP) is 1.28. The molecule has 0 fully saturated rings. The highest BCUT2D eigenvalue weighted by atomic mass is 16.3. The van der Waals surface area contributed by atoms with Crippen LogP contribution < -0.4 is 5.73 Å². The van der Waals surface area contributed by atoms with Crippen molar-refractivity contribution in [2.45, 2.75) is 19.4 Å². The van der Waals surface area contributed by atoms with Crippen LogP contribution in [0.3, 0.4) is 0 Å². The van der Waals surface area contributed by atoms with Gasteiger partial charge in [0.15, 0.2) is 0 Å². The van der Waals surface area contributed by atoms with Gasteiger partial charge in [-0.25, -0.2) is 0 Å². The molecule has 1 aromatic rings. The van der Waals surface area contributed by atoms with Gasteiger partial charge >= 0.3 is 0 Å². The van der Waals surface area contributed by atoms with Crippen molar-refractivity contribution in [1.82, 2.24) is 0 Å². The highest BCUT2D eigenvalue weighted by Gasteiger charge is 2.01. The van der Waals surface area contributed by atoms with Crippen LogP contribution in [-0.2, 0) is 6.42 Å². The van der Waals surface area contributed by atoms with E-state index in [0.29, 0.717) is 5.75 Å². The van der Waals surface area contributed by atoms with E-state index >= 15 is 0 Å². The van der Waals surface area contributed by atoms with Gasteiger partial charge < -0.3 is 10.8 Å². The molecule has 1 aromatic carbocycles. The maximum absolute atomic E-state index is 9.30. The Morgan fingerprint density at radius 1 is 1.45 bits per heavy atom. The Hall–Kier alpha value is -1.02. The van der Waals surface area contributed by atoms with E-state index in [1.165, 1.54) is 0 Å². The maximum atomic E-state index is 9.30. The van der Waals surface area contributed by atoms with Gasteiger partial charge in [-0.3, -0.25) is 0 Å². The number of aromatic hydroxyl groups is 1. The molecule has 0 spiro atoms.